The number of nitrogens with zero attached hydrogens (tertiary/aromatic N) is 1. The predicted molar refractivity (Wildman–Crippen MR) is 120 cm³/mol. The first-order valence-electron chi connectivity index (χ1n) is 7.47. The minimum atomic E-state index is -0.394. The zero-order chi connectivity index (χ0) is 19.1. The highest BCUT2D eigenvalue weighted by molar-refractivity contribution is 7.80. The zero-order valence-corrected chi connectivity index (χ0v) is 17.9. The number of aromatic nitrogens is 1. The Balaban J connectivity index is 1.53. The van der Waals surface area contributed by atoms with Gasteiger partial charge in [-0.1, -0.05) is 58.3 Å². The first-order chi connectivity index (χ1) is 12.9. The number of rotatable bonds is 2. The number of fused-ring (bicyclic) bond motifs is 2. The van der Waals surface area contributed by atoms with Crippen molar-refractivity contribution in [3.8, 4) is 0 Å². The summed E-state index contributed by atoms with van der Waals surface area (Å²) in [6, 6.07) is 10.8. The molecule has 0 aliphatic rings. The van der Waals surface area contributed by atoms with Crippen molar-refractivity contribution >= 4 is 106 Å². The Morgan fingerprint density at radius 3 is 2.67 bits per heavy atom. The fourth-order valence-corrected chi connectivity index (χ4v) is 5.55. The van der Waals surface area contributed by atoms with Gasteiger partial charge in [0, 0.05) is 15.1 Å². The zero-order valence-electron chi connectivity index (χ0n) is 13.2. The lowest BCUT2D eigenvalue weighted by atomic mass is 10.2. The van der Waals surface area contributed by atoms with Crippen molar-refractivity contribution in [3.63, 3.8) is 0 Å². The number of benzene rings is 2. The van der Waals surface area contributed by atoms with Gasteiger partial charge >= 0.3 is 0 Å². The van der Waals surface area contributed by atoms with E-state index in [1.165, 1.54) is 22.7 Å². The van der Waals surface area contributed by atoms with E-state index in [9.17, 15) is 4.79 Å². The number of carbonyl (C=O) groups excluding carboxylic acids is 1. The molecular weight excluding hydrogens is 465 g/mol. The normalized spacial score (nSPS) is 11.1. The number of thiocarbonyl (C=S) groups is 1. The van der Waals surface area contributed by atoms with E-state index in [-0.39, 0.29) is 5.11 Å². The lowest BCUT2D eigenvalue weighted by Crippen LogP contribution is -2.33. The molecule has 0 aliphatic carbocycles. The summed E-state index contributed by atoms with van der Waals surface area (Å²) >= 11 is 26.3. The highest BCUT2D eigenvalue weighted by Gasteiger charge is 2.19. The average molecular weight is 473 g/mol. The number of thiophene rings is 1. The summed E-state index contributed by atoms with van der Waals surface area (Å²) in [5.74, 6) is -0.394. The lowest BCUT2D eigenvalue weighted by molar-refractivity contribution is 0.0982. The van der Waals surface area contributed by atoms with Crippen LogP contribution in [-0.4, -0.2) is 16.0 Å². The first-order valence-corrected chi connectivity index (χ1v) is 10.6. The molecule has 2 aromatic heterocycles. The molecule has 2 N–H and O–H groups in total. The fourth-order valence-electron chi connectivity index (χ4n) is 2.44. The van der Waals surface area contributed by atoms with Gasteiger partial charge in [-0.3, -0.25) is 10.1 Å². The smallest absolute Gasteiger partial charge is 0.269 e. The Hall–Kier alpha value is -1.48. The monoisotopic (exact) mass is 471 g/mol. The molecule has 0 unspecified atom stereocenters. The molecule has 0 saturated heterocycles. The van der Waals surface area contributed by atoms with Crippen molar-refractivity contribution < 1.29 is 4.79 Å². The third kappa shape index (κ3) is 3.76. The van der Waals surface area contributed by atoms with Crippen molar-refractivity contribution in [3.05, 3.63) is 56.3 Å². The van der Waals surface area contributed by atoms with Gasteiger partial charge in [-0.2, -0.15) is 0 Å². The summed E-state index contributed by atoms with van der Waals surface area (Å²) in [5, 5.41) is 8.49. The Bertz CT molecular complexity index is 1220. The van der Waals surface area contributed by atoms with Crippen molar-refractivity contribution in [1.82, 2.24) is 10.3 Å². The number of carbonyl (C=O) groups is 1. The van der Waals surface area contributed by atoms with Gasteiger partial charge in [0.1, 0.15) is 10.4 Å². The SMILES string of the molecule is O=C(NC(=S)Nc1nc2c(Cl)cccc2s1)c1sc2cc(Cl)ccc2c1Cl. The maximum atomic E-state index is 12.6. The number of halogens is 3. The van der Waals surface area contributed by atoms with E-state index < -0.39 is 5.91 Å². The number of nitrogens with one attached hydrogen (secondary N) is 2. The van der Waals surface area contributed by atoms with Crippen LogP contribution in [0.3, 0.4) is 0 Å². The summed E-state index contributed by atoms with van der Waals surface area (Å²) in [6.07, 6.45) is 0. The molecule has 27 heavy (non-hydrogen) atoms. The second-order valence-electron chi connectivity index (χ2n) is 5.40. The molecule has 4 aromatic rings. The predicted octanol–water partition coefficient (Wildman–Crippen LogP) is 6.60. The molecule has 0 aliphatic heterocycles. The standard InChI is InChI=1S/C17H8Cl3N3OS3/c18-7-4-5-8-11(6-7)26-14(12(8)20)15(24)22-16(25)23-17-21-13-9(19)2-1-3-10(13)27-17/h1-6H,(H2,21,22,23,24,25). The van der Waals surface area contributed by atoms with Crippen LogP contribution < -0.4 is 10.6 Å². The molecule has 4 rings (SSSR count). The van der Waals surface area contributed by atoms with Gasteiger partial charge in [-0.15, -0.1) is 11.3 Å². The van der Waals surface area contributed by atoms with Crippen molar-refractivity contribution in [2.24, 2.45) is 0 Å². The van der Waals surface area contributed by atoms with Crippen LogP contribution in [0.5, 0.6) is 0 Å². The Labute approximate surface area is 182 Å². The average Bonchev–Trinajstić information content (AvgIpc) is 3.16. The minimum Gasteiger partial charge on any atom is -0.308 e. The summed E-state index contributed by atoms with van der Waals surface area (Å²) in [6.45, 7) is 0. The topological polar surface area (TPSA) is 54.0 Å². The van der Waals surface area contributed by atoms with Crippen LogP contribution in [0.1, 0.15) is 9.67 Å². The lowest BCUT2D eigenvalue weighted by Gasteiger charge is -2.06. The third-order valence-electron chi connectivity index (χ3n) is 3.62. The highest BCUT2D eigenvalue weighted by Crippen LogP contribution is 2.36. The molecule has 0 spiro atoms. The van der Waals surface area contributed by atoms with Gasteiger partial charge < -0.3 is 5.32 Å². The number of anilines is 1. The summed E-state index contributed by atoms with van der Waals surface area (Å²) in [4.78, 5) is 17.3. The summed E-state index contributed by atoms with van der Waals surface area (Å²) < 4.78 is 1.75. The molecule has 2 aromatic carbocycles. The second-order valence-corrected chi connectivity index (χ2v) is 9.11. The van der Waals surface area contributed by atoms with E-state index in [1.807, 2.05) is 12.1 Å². The number of hydrogen-bond acceptors (Lipinski definition) is 5. The molecule has 0 fully saturated rings. The molecule has 136 valence electrons. The molecule has 10 heteroatoms. The maximum absolute atomic E-state index is 12.6. The number of amides is 1. The maximum Gasteiger partial charge on any atom is 0.269 e. The number of hydrogen-bond donors (Lipinski definition) is 2. The van der Waals surface area contributed by atoms with E-state index in [0.29, 0.717) is 30.6 Å². The van der Waals surface area contributed by atoms with Crippen LogP contribution in [0.4, 0.5) is 5.13 Å². The van der Waals surface area contributed by atoms with Gasteiger partial charge in [0.05, 0.1) is 14.7 Å². The third-order valence-corrected chi connectivity index (χ3v) is 6.95. The van der Waals surface area contributed by atoms with Crippen LogP contribution >= 0.6 is 69.7 Å². The molecule has 4 nitrogen and oxygen atoms in total. The van der Waals surface area contributed by atoms with E-state index in [0.717, 1.165) is 14.8 Å². The molecular formula is C17H8Cl3N3OS3. The van der Waals surface area contributed by atoms with E-state index in [4.69, 9.17) is 47.0 Å². The minimum absolute atomic E-state index is 0.127. The summed E-state index contributed by atoms with van der Waals surface area (Å²) in [5.41, 5.74) is 0.685. The van der Waals surface area contributed by atoms with Crippen molar-refractivity contribution in [1.29, 1.82) is 0 Å². The van der Waals surface area contributed by atoms with E-state index >= 15 is 0 Å². The number of para-hydroxylation sites is 1. The van der Waals surface area contributed by atoms with E-state index in [1.54, 1.807) is 24.3 Å². The first kappa shape index (κ1) is 18.9. The Morgan fingerprint density at radius 2 is 1.89 bits per heavy atom. The van der Waals surface area contributed by atoms with E-state index in [2.05, 4.69) is 15.6 Å². The molecule has 2 heterocycles. The Kier molecular flexibility index (Phi) is 5.24. The molecule has 0 radical (unpaired) electrons. The number of thiazole rings is 1. The van der Waals surface area contributed by atoms with Crippen LogP contribution in [-0.2, 0) is 0 Å². The van der Waals surface area contributed by atoms with Crippen LogP contribution in [0.2, 0.25) is 15.1 Å². The quantitative estimate of drug-likeness (QED) is 0.323. The van der Waals surface area contributed by atoms with Gasteiger partial charge in [0.15, 0.2) is 10.2 Å². The highest BCUT2D eigenvalue weighted by atomic mass is 35.5. The fraction of sp³-hybridized carbons (Fsp3) is 0. The van der Waals surface area contributed by atoms with Crippen LogP contribution in [0, 0.1) is 0 Å². The van der Waals surface area contributed by atoms with Crippen molar-refractivity contribution in [2.75, 3.05) is 5.32 Å². The molecule has 0 bridgehead atoms. The Morgan fingerprint density at radius 1 is 1.07 bits per heavy atom. The van der Waals surface area contributed by atoms with Gasteiger partial charge in [0.25, 0.3) is 5.91 Å². The second kappa shape index (κ2) is 7.50. The largest absolute Gasteiger partial charge is 0.308 e. The van der Waals surface area contributed by atoms with Crippen LogP contribution in [0.15, 0.2) is 36.4 Å². The van der Waals surface area contributed by atoms with Gasteiger partial charge in [-0.05, 0) is 36.5 Å². The molecule has 1 amide bonds. The summed E-state index contributed by atoms with van der Waals surface area (Å²) in [7, 11) is 0. The van der Waals surface area contributed by atoms with Crippen LogP contribution in [0.25, 0.3) is 20.3 Å². The molecule has 0 saturated carbocycles. The van der Waals surface area contributed by atoms with Gasteiger partial charge in [-0.25, -0.2) is 4.98 Å². The molecule has 0 atom stereocenters. The van der Waals surface area contributed by atoms with Crippen molar-refractivity contribution in [2.45, 2.75) is 0 Å². The van der Waals surface area contributed by atoms with Gasteiger partial charge in [0.2, 0.25) is 0 Å².